The normalized spacial score (nSPS) is 23.9. The van der Waals surface area contributed by atoms with Gasteiger partial charge in [-0.2, -0.15) is 18.2 Å². The summed E-state index contributed by atoms with van der Waals surface area (Å²) in [6.45, 7) is 1.11. The van der Waals surface area contributed by atoms with Crippen LogP contribution in [0, 0.1) is 5.41 Å². The Bertz CT molecular complexity index is 2270. The van der Waals surface area contributed by atoms with Gasteiger partial charge in [-0.3, -0.25) is 14.5 Å². The van der Waals surface area contributed by atoms with E-state index in [0.717, 1.165) is 27.8 Å². The molecule has 1 amide bonds. The number of aliphatic hydroxyl groups excluding tert-OH is 1. The Kier molecular flexibility index (Phi) is 11.2. The molecule has 2 bridgehead atoms. The molecule has 0 spiro atoms. The molecule has 3 aliphatic heterocycles. The number of rotatable bonds is 13. The number of carbonyl (C=O) groups excluding carboxylic acids is 1. The number of anilines is 1. The maximum atomic E-state index is 14.7. The molecule has 5 aliphatic rings. The van der Waals surface area contributed by atoms with E-state index in [1.165, 1.54) is 14.2 Å². The zero-order valence-corrected chi connectivity index (χ0v) is 33.3. The summed E-state index contributed by atoms with van der Waals surface area (Å²) < 4.78 is 55.3. The van der Waals surface area contributed by atoms with Crippen LogP contribution in [0.5, 0.6) is 11.8 Å². The number of methoxy groups -OCH3 is 2. The van der Waals surface area contributed by atoms with Crippen molar-refractivity contribution in [2.24, 2.45) is 5.41 Å². The van der Waals surface area contributed by atoms with Gasteiger partial charge in [0.05, 0.1) is 36.4 Å². The summed E-state index contributed by atoms with van der Waals surface area (Å²) in [5.41, 5.74) is 3.33. The number of halogens is 4. The van der Waals surface area contributed by atoms with Crippen LogP contribution >= 0.6 is 11.6 Å². The van der Waals surface area contributed by atoms with Crippen LogP contribution in [0.2, 0.25) is 5.02 Å². The second kappa shape index (κ2) is 16.2. The van der Waals surface area contributed by atoms with Gasteiger partial charge in [0.2, 0.25) is 17.7 Å². The number of nitrogens with zero attached hydrogens (tertiary/aromatic N) is 4. The molecule has 2 aliphatic carbocycles. The maximum Gasteiger partial charge on any atom is 0.437 e. The molecule has 2 aromatic carbocycles. The Morgan fingerprint density at radius 2 is 1.73 bits per heavy atom. The highest BCUT2D eigenvalue weighted by atomic mass is 35.5. The smallest absolute Gasteiger partial charge is 0.437 e. The molecule has 9 rings (SSSR count). The summed E-state index contributed by atoms with van der Waals surface area (Å²) in [4.78, 5) is 38.9. The van der Waals surface area contributed by atoms with Gasteiger partial charge in [-0.05, 0) is 61.3 Å². The standard InChI is InChI=1S/C42H45ClF3N7O6/c1-58-38-22(18-47-19-23-17-33(54)37(55)48-23)9-11-31(51-38)29-8-4-7-28(34(29)43)25-5-3-6-27-26(25)10-12-30(27)50-36-35(42(44,45)46)49-32(39(52-36)59-2)20-53-21-41(40(56)57)15-13-24(53)14-16-41/h3-9,11,23-24,30,33,47,54H,10,12-21H2,1-2H3,(H,48,55)(H,50,52)(H,56,57)/t23-,24?,30-,33?,41?/m0/s1. The Hall–Kier alpha value is -5.03. The number of amides is 1. The number of ether oxygens (including phenoxy) is 2. The predicted octanol–water partition coefficient (Wildman–Crippen LogP) is 6.16. The number of aliphatic hydroxyl groups is 1. The van der Waals surface area contributed by atoms with Gasteiger partial charge in [-0.25, -0.2) is 9.97 Å². The summed E-state index contributed by atoms with van der Waals surface area (Å²) in [7, 11) is 2.87. The van der Waals surface area contributed by atoms with Crippen molar-refractivity contribution in [1.82, 2.24) is 30.5 Å². The molecule has 3 saturated heterocycles. The number of nitrogens with one attached hydrogen (secondary N) is 3. The van der Waals surface area contributed by atoms with Crippen molar-refractivity contribution in [3.63, 3.8) is 0 Å². The van der Waals surface area contributed by atoms with E-state index in [0.29, 0.717) is 80.2 Å². The number of fused-ring (bicyclic) bond motifs is 4. The second-order valence-corrected chi connectivity index (χ2v) is 16.2. The van der Waals surface area contributed by atoms with E-state index in [2.05, 4.69) is 25.9 Å². The maximum absolute atomic E-state index is 14.7. The van der Waals surface area contributed by atoms with E-state index in [1.54, 1.807) is 0 Å². The minimum absolute atomic E-state index is 0.00682. The monoisotopic (exact) mass is 835 g/mol. The van der Waals surface area contributed by atoms with Crippen molar-refractivity contribution in [3.05, 3.63) is 81.6 Å². The first-order chi connectivity index (χ1) is 28.3. The number of carboxylic acid groups (broad SMARTS) is 1. The number of pyridine rings is 1. The van der Waals surface area contributed by atoms with Gasteiger partial charge < -0.3 is 35.6 Å². The summed E-state index contributed by atoms with van der Waals surface area (Å²) in [5.74, 6) is -1.33. The Balaban J connectivity index is 1.03. The lowest BCUT2D eigenvalue weighted by Gasteiger charge is -2.50. The number of hydrogen-bond donors (Lipinski definition) is 5. The first-order valence-electron chi connectivity index (χ1n) is 19.7. The average molecular weight is 836 g/mol. The number of carboxylic acids is 1. The molecule has 5 heterocycles. The minimum Gasteiger partial charge on any atom is -0.481 e. The fraction of sp³-hybridized carbons (Fsp3) is 0.452. The van der Waals surface area contributed by atoms with E-state index in [9.17, 15) is 33.0 Å². The number of piperidine rings is 2. The largest absolute Gasteiger partial charge is 0.481 e. The quantitative estimate of drug-likeness (QED) is 0.104. The molecule has 17 heteroatoms. The van der Waals surface area contributed by atoms with Crippen LogP contribution in [0.3, 0.4) is 0 Å². The molecule has 1 unspecified atom stereocenters. The van der Waals surface area contributed by atoms with Crippen LogP contribution in [-0.2, 0) is 35.3 Å². The number of hydrogen-bond acceptors (Lipinski definition) is 11. The van der Waals surface area contributed by atoms with Crippen molar-refractivity contribution in [2.75, 3.05) is 32.6 Å². The molecule has 4 aromatic rings. The molecule has 13 nitrogen and oxygen atoms in total. The molecule has 2 aromatic heterocycles. The molecule has 3 atom stereocenters. The lowest BCUT2D eigenvalue weighted by Crippen LogP contribution is -2.56. The van der Waals surface area contributed by atoms with Gasteiger partial charge in [0.1, 0.15) is 11.8 Å². The molecular weight excluding hydrogens is 791 g/mol. The van der Waals surface area contributed by atoms with Crippen LogP contribution < -0.4 is 25.4 Å². The Morgan fingerprint density at radius 1 is 1.00 bits per heavy atom. The van der Waals surface area contributed by atoms with E-state index in [1.807, 2.05) is 53.4 Å². The zero-order valence-electron chi connectivity index (χ0n) is 32.5. The number of aromatic nitrogens is 3. The van der Waals surface area contributed by atoms with E-state index in [4.69, 9.17) is 26.1 Å². The van der Waals surface area contributed by atoms with E-state index >= 15 is 0 Å². The SMILES string of the molecule is COc1nc(-c2cccc(-c3cccc4c3CC[C@@H]4Nc3nc(OC)c(CN4CC5(C(=O)O)CCC4CC5)nc3C(F)(F)F)c2Cl)ccc1CNC[C@@H]1CC(O)C(=O)N1. The lowest BCUT2D eigenvalue weighted by atomic mass is 9.67. The lowest BCUT2D eigenvalue weighted by molar-refractivity contribution is -0.160. The van der Waals surface area contributed by atoms with Gasteiger partial charge in [-0.15, -0.1) is 0 Å². The zero-order chi connectivity index (χ0) is 41.6. The summed E-state index contributed by atoms with van der Waals surface area (Å²) >= 11 is 7.14. The number of carbonyl (C=O) groups is 2. The Labute approximate surface area is 343 Å². The molecule has 0 radical (unpaired) electrons. The number of aliphatic carboxylic acids is 1. The molecule has 1 saturated carbocycles. The van der Waals surface area contributed by atoms with Crippen LogP contribution in [0.15, 0.2) is 48.5 Å². The molecule has 312 valence electrons. The third kappa shape index (κ3) is 7.90. The minimum atomic E-state index is -4.83. The Morgan fingerprint density at radius 3 is 2.42 bits per heavy atom. The first kappa shape index (κ1) is 40.7. The summed E-state index contributed by atoms with van der Waals surface area (Å²) in [5, 5.41) is 29.2. The van der Waals surface area contributed by atoms with E-state index < -0.39 is 41.2 Å². The highest BCUT2D eigenvalue weighted by Gasteiger charge is 2.50. The van der Waals surface area contributed by atoms with Crippen molar-refractivity contribution in [1.29, 1.82) is 0 Å². The highest BCUT2D eigenvalue weighted by Crippen LogP contribution is 2.47. The van der Waals surface area contributed by atoms with Crippen molar-refractivity contribution in [3.8, 4) is 34.1 Å². The van der Waals surface area contributed by atoms with Crippen molar-refractivity contribution >= 4 is 29.3 Å². The van der Waals surface area contributed by atoms with Crippen LogP contribution in [0.1, 0.15) is 72.6 Å². The van der Waals surface area contributed by atoms with Crippen LogP contribution in [-0.4, -0.2) is 87.4 Å². The van der Waals surface area contributed by atoms with Gasteiger partial charge in [0.25, 0.3) is 0 Å². The molecule has 4 fully saturated rings. The van der Waals surface area contributed by atoms with Gasteiger partial charge >= 0.3 is 12.1 Å². The summed E-state index contributed by atoms with van der Waals surface area (Å²) in [6, 6.07) is 14.4. The second-order valence-electron chi connectivity index (χ2n) is 15.8. The fourth-order valence-electron chi connectivity index (χ4n) is 9.21. The topological polar surface area (TPSA) is 171 Å². The number of benzene rings is 2. The third-order valence-corrected chi connectivity index (χ3v) is 12.7. The molecular formula is C42H45ClF3N7O6. The third-order valence-electron chi connectivity index (χ3n) is 12.3. The molecule has 59 heavy (non-hydrogen) atoms. The van der Waals surface area contributed by atoms with Crippen molar-refractivity contribution < 1.29 is 42.4 Å². The highest BCUT2D eigenvalue weighted by molar-refractivity contribution is 6.36. The average Bonchev–Trinajstić information content (AvgIpc) is 3.79. The van der Waals surface area contributed by atoms with Gasteiger partial charge in [-0.1, -0.05) is 54.1 Å². The van der Waals surface area contributed by atoms with Crippen LogP contribution in [0.4, 0.5) is 19.0 Å². The van der Waals surface area contributed by atoms with Crippen molar-refractivity contribution in [2.45, 2.75) is 88.4 Å². The van der Waals surface area contributed by atoms with E-state index in [-0.39, 0.29) is 42.7 Å². The molecule has 5 N–H and O–H groups in total. The fourth-order valence-corrected chi connectivity index (χ4v) is 9.54. The first-order valence-corrected chi connectivity index (χ1v) is 20.1. The summed E-state index contributed by atoms with van der Waals surface area (Å²) in [6.07, 6.45) is -2.04. The van der Waals surface area contributed by atoms with Crippen LogP contribution in [0.25, 0.3) is 22.4 Å². The van der Waals surface area contributed by atoms with Gasteiger partial charge in [0, 0.05) is 61.4 Å². The predicted molar refractivity (Wildman–Crippen MR) is 212 cm³/mol. The number of alkyl halides is 3. The van der Waals surface area contributed by atoms with Gasteiger partial charge in [0.15, 0.2) is 11.5 Å².